The van der Waals surface area contributed by atoms with Crippen LogP contribution in [0.3, 0.4) is 0 Å². The van der Waals surface area contributed by atoms with Gasteiger partial charge in [-0.3, -0.25) is 4.79 Å². The first kappa shape index (κ1) is 17.2. The van der Waals surface area contributed by atoms with E-state index in [0.29, 0.717) is 13.1 Å². The molecule has 0 bridgehead atoms. The third-order valence-corrected chi connectivity index (χ3v) is 2.50. The molecule has 0 saturated carbocycles. The van der Waals surface area contributed by atoms with Crippen LogP contribution in [0, 0.1) is 0 Å². The number of hydrogen-bond acceptors (Lipinski definition) is 4. The standard InChI is InChI=1S/C11H22N4O4/c1-14(2)6-7-15(3)11(19)13-8(10(17)18)4-5-9(12)16/h8H,4-7H2,1-3H3,(H2,12,16)(H,13,19)(H,17,18)/t8-/m0/s1. The highest BCUT2D eigenvalue weighted by Crippen LogP contribution is 1.99. The molecule has 0 radical (unpaired) electrons. The topological polar surface area (TPSA) is 116 Å². The van der Waals surface area contributed by atoms with E-state index < -0.39 is 23.9 Å². The average molecular weight is 274 g/mol. The maximum atomic E-state index is 11.7. The van der Waals surface area contributed by atoms with Gasteiger partial charge in [-0.15, -0.1) is 0 Å². The molecule has 0 fully saturated rings. The average Bonchev–Trinajstić information content (AvgIpc) is 2.30. The number of carbonyl (C=O) groups is 3. The Morgan fingerprint density at radius 3 is 2.21 bits per heavy atom. The first-order valence-electron chi connectivity index (χ1n) is 5.91. The van der Waals surface area contributed by atoms with Crippen LogP contribution in [-0.2, 0) is 9.59 Å². The van der Waals surface area contributed by atoms with Crippen molar-refractivity contribution in [3.05, 3.63) is 0 Å². The van der Waals surface area contributed by atoms with E-state index in [-0.39, 0.29) is 12.8 Å². The number of nitrogens with zero attached hydrogens (tertiary/aromatic N) is 2. The van der Waals surface area contributed by atoms with E-state index in [2.05, 4.69) is 5.32 Å². The third kappa shape index (κ3) is 7.98. The van der Waals surface area contributed by atoms with Crippen molar-refractivity contribution in [1.82, 2.24) is 15.1 Å². The van der Waals surface area contributed by atoms with Crippen molar-refractivity contribution in [1.29, 1.82) is 0 Å². The predicted molar refractivity (Wildman–Crippen MR) is 69.6 cm³/mol. The van der Waals surface area contributed by atoms with Gasteiger partial charge < -0.3 is 26.0 Å². The number of nitrogens with two attached hydrogens (primary N) is 1. The van der Waals surface area contributed by atoms with E-state index >= 15 is 0 Å². The number of likely N-dealkylation sites (N-methyl/N-ethyl adjacent to an activating group) is 2. The van der Waals surface area contributed by atoms with E-state index in [4.69, 9.17) is 10.8 Å². The fourth-order valence-electron chi connectivity index (χ4n) is 1.25. The molecule has 0 aromatic carbocycles. The summed E-state index contributed by atoms with van der Waals surface area (Å²) in [6.07, 6.45) is -0.101. The van der Waals surface area contributed by atoms with Gasteiger partial charge in [0.15, 0.2) is 0 Å². The molecule has 0 aliphatic heterocycles. The van der Waals surface area contributed by atoms with Crippen molar-refractivity contribution in [3.63, 3.8) is 0 Å². The lowest BCUT2D eigenvalue weighted by molar-refractivity contribution is -0.139. The van der Waals surface area contributed by atoms with Gasteiger partial charge in [0.05, 0.1) is 0 Å². The van der Waals surface area contributed by atoms with Crippen molar-refractivity contribution < 1.29 is 19.5 Å². The Bertz CT molecular complexity index is 333. The van der Waals surface area contributed by atoms with Crippen LogP contribution in [0.1, 0.15) is 12.8 Å². The van der Waals surface area contributed by atoms with Gasteiger partial charge in [-0.2, -0.15) is 0 Å². The Morgan fingerprint density at radius 2 is 1.79 bits per heavy atom. The lowest BCUT2D eigenvalue weighted by Crippen LogP contribution is -2.48. The third-order valence-electron chi connectivity index (χ3n) is 2.50. The van der Waals surface area contributed by atoms with Crippen LogP contribution in [0.2, 0.25) is 0 Å². The molecule has 0 aliphatic carbocycles. The molecule has 4 N–H and O–H groups in total. The van der Waals surface area contributed by atoms with Gasteiger partial charge in [-0.1, -0.05) is 0 Å². The van der Waals surface area contributed by atoms with Gasteiger partial charge in [0.2, 0.25) is 5.91 Å². The number of rotatable bonds is 8. The number of nitrogens with one attached hydrogen (secondary N) is 1. The number of primary amides is 1. The molecule has 8 nitrogen and oxygen atoms in total. The molecule has 0 aliphatic rings. The van der Waals surface area contributed by atoms with Gasteiger partial charge in [0.1, 0.15) is 6.04 Å². The number of carboxylic acid groups (broad SMARTS) is 1. The summed E-state index contributed by atoms with van der Waals surface area (Å²) < 4.78 is 0. The highest BCUT2D eigenvalue weighted by Gasteiger charge is 2.22. The van der Waals surface area contributed by atoms with Gasteiger partial charge >= 0.3 is 12.0 Å². The maximum absolute atomic E-state index is 11.7. The lowest BCUT2D eigenvalue weighted by Gasteiger charge is -2.22. The number of amides is 3. The molecule has 19 heavy (non-hydrogen) atoms. The molecule has 0 aromatic rings. The largest absolute Gasteiger partial charge is 0.480 e. The second-order valence-corrected chi connectivity index (χ2v) is 4.57. The number of hydrogen-bond donors (Lipinski definition) is 3. The van der Waals surface area contributed by atoms with Crippen LogP contribution < -0.4 is 11.1 Å². The Balaban J connectivity index is 4.29. The normalized spacial score (nSPS) is 12.0. The SMILES string of the molecule is CN(C)CCN(C)C(=O)N[C@@H](CCC(N)=O)C(=O)O. The summed E-state index contributed by atoms with van der Waals surface area (Å²) in [4.78, 5) is 36.6. The predicted octanol–water partition coefficient (Wildman–Crippen LogP) is -1.09. The summed E-state index contributed by atoms with van der Waals surface area (Å²) in [5.41, 5.74) is 4.95. The highest BCUT2D eigenvalue weighted by molar-refractivity contribution is 5.83. The molecule has 0 rings (SSSR count). The molecule has 8 heteroatoms. The fraction of sp³-hybridized carbons (Fsp3) is 0.727. The monoisotopic (exact) mass is 274 g/mol. The van der Waals surface area contributed by atoms with Gasteiger partial charge in [-0.25, -0.2) is 9.59 Å². The smallest absolute Gasteiger partial charge is 0.326 e. The lowest BCUT2D eigenvalue weighted by atomic mass is 10.1. The number of carboxylic acids is 1. The Labute approximate surface area is 112 Å². The van der Waals surface area contributed by atoms with Crippen LogP contribution in [0.25, 0.3) is 0 Å². The minimum Gasteiger partial charge on any atom is -0.480 e. The van der Waals surface area contributed by atoms with Crippen molar-refractivity contribution >= 4 is 17.9 Å². The van der Waals surface area contributed by atoms with E-state index in [0.717, 1.165) is 0 Å². The first-order chi connectivity index (χ1) is 8.73. The Hall–Kier alpha value is -1.83. The zero-order valence-corrected chi connectivity index (χ0v) is 11.5. The zero-order valence-electron chi connectivity index (χ0n) is 11.5. The van der Waals surface area contributed by atoms with Crippen LogP contribution >= 0.6 is 0 Å². The summed E-state index contributed by atoms with van der Waals surface area (Å²) >= 11 is 0. The van der Waals surface area contributed by atoms with Crippen molar-refractivity contribution in [2.45, 2.75) is 18.9 Å². The minimum absolute atomic E-state index is 0.0159. The second kappa shape index (κ2) is 8.30. The van der Waals surface area contributed by atoms with Crippen LogP contribution in [0.5, 0.6) is 0 Å². The van der Waals surface area contributed by atoms with E-state index in [1.54, 1.807) is 7.05 Å². The van der Waals surface area contributed by atoms with E-state index in [1.807, 2.05) is 19.0 Å². The molecule has 1 atom stereocenters. The molecule has 0 saturated heterocycles. The van der Waals surface area contributed by atoms with Crippen LogP contribution in [-0.4, -0.2) is 73.1 Å². The maximum Gasteiger partial charge on any atom is 0.326 e. The number of carbonyl (C=O) groups excluding carboxylic acids is 2. The zero-order chi connectivity index (χ0) is 15.0. The molecule has 3 amide bonds. The molecule has 0 heterocycles. The molecule has 110 valence electrons. The number of aliphatic carboxylic acids is 1. The van der Waals surface area contributed by atoms with Gasteiger partial charge in [0, 0.05) is 26.6 Å². The van der Waals surface area contributed by atoms with Crippen LogP contribution in [0.15, 0.2) is 0 Å². The summed E-state index contributed by atoms with van der Waals surface area (Å²) in [5.74, 6) is -1.78. The van der Waals surface area contributed by atoms with Gasteiger partial charge in [0.25, 0.3) is 0 Å². The van der Waals surface area contributed by atoms with Crippen LogP contribution in [0.4, 0.5) is 4.79 Å². The fourth-order valence-corrected chi connectivity index (χ4v) is 1.25. The molecule has 0 spiro atoms. The van der Waals surface area contributed by atoms with E-state index in [9.17, 15) is 14.4 Å². The Morgan fingerprint density at radius 1 is 1.21 bits per heavy atom. The van der Waals surface area contributed by atoms with Crippen molar-refractivity contribution in [3.8, 4) is 0 Å². The first-order valence-corrected chi connectivity index (χ1v) is 5.91. The van der Waals surface area contributed by atoms with Crippen molar-refractivity contribution in [2.75, 3.05) is 34.2 Å². The molecular formula is C11H22N4O4. The second-order valence-electron chi connectivity index (χ2n) is 4.57. The summed E-state index contributed by atoms with van der Waals surface area (Å²) in [7, 11) is 5.32. The minimum atomic E-state index is -1.18. The molecule has 0 aromatic heterocycles. The number of urea groups is 1. The van der Waals surface area contributed by atoms with E-state index in [1.165, 1.54) is 4.90 Å². The van der Waals surface area contributed by atoms with Gasteiger partial charge in [-0.05, 0) is 20.5 Å². The Kier molecular flexibility index (Phi) is 7.50. The highest BCUT2D eigenvalue weighted by atomic mass is 16.4. The summed E-state index contributed by atoms with van der Waals surface area (Å²) in [6, 6.07) is -1.60. The molecule has 0 unspecified atom stereocenters. The summed E-state index contributed by atoms with van der Waals surface area (Å²) in [6.45, 7) is 1.14. The quantitative estimate of drug-likeness (QED) is 0.520. The summed E-state index contributed by atoms with van der Waals surface area (Å²) in [5, 5.41) is 11.3. The molecular weight excluding hydrogens is 252 g/mol. The van der Waals surface area contributed by atoms with Crippen molar-refractivity contribution in [2.24, 2.45) is 5.73 Å².